The Morgan fingerprint density at radius 1 is 1.32 bits per heavy atom. The summed E-state index contributed by atoms with van der Waals surface area (Å²) in [5.74, 6) is -0.584. The Morgan fingerprint density at radius 2 is 1.95 bits per heavy atom. The molecule has 0 aromatic carbocycles. The summed E-state index contributed by atoms with van der Waals surface area (Å²) in [6, 6.07) is -1.00. The molecule has 1 aliphatic rings. The number of carbonyl (C=O) groups is 2. The van der Waals surface area contributed by atoms with Crippen molar-refractivity contribution in [3.05, 3.63) is 0 Å². The molecule has 1 rings (SSSR count). The zero-order chi connectivity index (χ0) is 14.4. The summed E-state index contributed by atoms with van der Waals surface area (Å²) < 4.78 is 0. The summed E-state index contributed by atoms with van der Waals surface area (Å²) >= 11 is 0. The molecule has 0 aromatic heterocycles. The lowest BCUT2D eigenvalue weighted by atomic mass is 9.86. The fourth-order valence-corrected chi connectivity index (χ4v) is 2.57. The van der Waals surface area contributed by atoms with Crippen LogP contribution in [0.3, 0.4) is 0 Å². The van der Waals surface area contributed by atoms with Gasteiger partial charge in [-0.15, -0.1) is 0 Å². The summed E-state index contributed by atoms with van der Waals surface area (Å²) in [5.41, 5.74) is 0. The van der Waals surface area contributed by atoms with Crippen LogP contribution in [0.1, 0.15) is 52.9 Å². The minimum Gasteiger partial charge on any atom is -0.480 e. The molecular formula is C14H26N2O3. The number of hydrogen-bond acceptors (Lipinski definition) is 2. The van der Waals surface area contributed by atoms with Gasteiger partial charge in [0.15, 0.2) is 0 Å². The third kappa shape index (κ3) is 4.73. The largest absolute Gasteiger partial charge is 0.480 e. The fourth-order valence-electron chi connectivity index (χ4n) is 2.57. The van der Waals surface area contributed by atoms with Crippen molar-refractivity contribution < 1.29 is 14.7 Å². The quantitative estimate of drug-likeness (QED) is 0.717. The van der Waals surface area contributed by atoms with Crippen molar-refractivity contribution in [1.82, 2.24) is 10.6 Å². The molecule has 5 nitrogen and oxygen atoms in total. The summed E-state index contributed by atoms with van der Waals surface area (Å²) in [6.45, 7) is 5.89. The first-order valence-electron chi connectivity index (χ1n) is 7.25. The number of carbonyl (C=O) groups excluding carboxylic acids is 1. The van der Waals surface area contributed by atoms with Gasteiger partial charge in [0.1, 0.15) is 6.04 Å². The molecule has 2 amide bonds. The van der Waals surface area contributed by atoms with E-state index in [0.29, 0.717) is 5.92 Å². The molecule has 0 spiro atoms. The Bertz CT molecular complexity index is 320. The van der Waals surface area contributed by atoms with Crippen LogP contribution >= 0.6 is 0 Å². The maximum atomic E-state index is 11.9. The van der Waals surface area contributed by atoms with Crippen molar-refractivity contribution >= 4 is 12.0 Å². The molecule has 19 heavy (non-hydrogen) atoms. The number of aliphatic carboxylic acids is 1. The molecule has 1 saturated carbocycles. The zero-order valence-electron chi connectivity index (χ0n) is 12.1. The molecule has 3 N–H and O–H groups in total. The van der Waals surface area contributed by atoms with Crippen LogP contribution in [0.4, 0.5) is 4.79 Å². The van der Waals surface area contributed by atoms with Gasteiger partial charge in [-0.2, -0.15) is 0 Å². The van der Waals surface area contributed by atoms with E-state index in [-0.39, 0.29) is 18.0 Å². The van der Waals surface area contributed by atoms with Crippen molar-refractivity contribution in [2.45, 2.75) is 65.0 Å². The number of amides is 2. The van der Waals surface area contributed by atoms with Crippen LogP contribution in [0.15, 0.2) is 0 Å². The van der Waals surface area contributed by atoms with E-state index in [2.05, 4.69) is 17.6 Å². The first-order chi connectivity index (χ1) is 8.95. The molecule has 1 aliphatic carbocycles. The highest BCUT2D eigenvalue weighted by Gasteiger charge is 2.28. The zero-order valence-corrected chi connectivity index (χ0v) is 12.1. The number of nitrogens with one attached hydrogen (secondary N) is 2. The van der Waals surface area contributed by atoms with Crippen molar-refractivity contribution in [1.29, 1.82) is 0 Å². The van der Waals surface area contributed by atoms with Gasteiger partial charge in [0, 0.05) is 6.04 Å². The monoisotopic (exact) mass is 270 g/mol. The number of carboxylic acid groups (broad SMARTS) is 1. The molecule has 0 saturated heterocycles. The smallest absolute Gasteiger partial charge is 0.326 e. The molecule has 0 radical (unpaired) electrons. The van der Waals surface area contributed by atoms with E-state index in [1.807, 2.05) is 13.8 Å². The summed E-state index contributed by atoms with van der Waals surface area (Å²) in [7, 11) is 0. The van der Waals surface area contributed by atoms with Gasteiger partial charge >= 0.3 is 12.0 Å². The van der Waals surface area contributed by atoms with Gasteiger partial charge in [0.25, 0.3) is 0 Å². The summed E-state index contributed by atoms with van der Waals surface area (Å²) in [5, 5.41) is 14.6. The molecule has 0 bridgehead atoms. The van der Waals surface area contributed by atoms with E-state index >= 15 is 0 Å². The van der Waals surface area contributed by atoms with E-state index in [9.17, 15) is 9.59 Å². The molecule has 0 aliphatic heterocycles. The topological polar surface area (TPSA) is 78.4 Å². The number of hydrogen-bond donors (Lipinski definition) is 3. The first kappa shape index (κ1) is 15.8. The second-order valence-corrected chi connectivity index (χ2v) is 5.69. The predicted octanol–water partition coefficient (Wildman–Crippen LogP) is 2.36. The van der Waals surface area contributed by atoms with E-state index in [1.165, 1.54) is 6.42 Å². The fraction of sp³-hybridized carbons (Fsp3) is 0.857. The van der Waals surface area contributed by atoms with E-state index in [1.54, 1.807) is 0 Å². The Balaban J connectivity index is 2.50. The molecule has 4 atom stereocenters. The summed E-state index contributed by atoms with van der Waals surface area (Å²) in [6.07, 6.45) is 5.17. The van der Waals surface area contributed by atoms with E-state index < -0.39 is 12.0 Å². The van der Waals surface area contributed by atoms with E-state index in [4.69, 9.17) is 5.11 Å². The van der Waals surface area contributed by atoms with Gasteiger partial charge in [0.05, 0.1) is 0 Å². The first-order valence-corrected chi connectivity index (χ1v) is 7.25. The van der Waals surface area contributed by atoms with Crippen LogP contribution in [-0.2, 0) is 4.79 Å². The van der Waals surface area contributed by atoms with E-state index in [0.717, 1.165) is 25.7 Å². The normalized spacial score (nSPS) is 26.3. The highest BCUT2D eigenvalue weighted by molar-refractivity contribution is 5.82. The van der Waals surface area contributed by atoms with Crippen LogP contribution < -0.4 is 10.6 Å². The Hall–Kier alpha value is -1.26. The van der Waals surface area contributed by atoms with Gasteiger partial charge in [-0.05, 0) is 24.7 Å². The molecule has 0 aromatic rings. The molecule has 3 unspecified atom stereocenters. The second-order valence-electron chi connectivity index (χ2n) is 5.69. The van der Waals surface area contributed by atoms with Crippen LogP contribution in [-0.4, -0.2) is 29.2 Å². The second kappa shape index (κ2) is 7.36. The van der Waals surface area contributed by atoms with Crippen LogP contribution in [0, 0.1) is 11.8 Å². The van der Waals surface area contributed by atoms with Crippen molar-refractivity contribution in [2.24, 2.45) is 11.8 Å². The Labute approximate surface area is 115 Å². The van der Waals surface area contributed by atoms with Crippen LogP contribution in [0.2, 0.25) is 0 Å². The van der Waals surface area contributed by atoms with Crippen LogP contribution in [0.5, 0.6) is 0 Å². The third-order valence-corrected chi connectivity index (χ3v) is 4.19. The average molecular weight is 270 g/mol. The Kier molecular flexibility index (Phi) is 6.12. The number of rotatable bonds is 5. The standard InChI is InChI=1S/C14H26N2O3/c1-4-9(2)12(13(17)18)16-14(19)15-11-8-6-5-7-10(11)3/h9-12H,4-8H2,1-3H3,(H,17,18)(H2,15,16,19)/t9?,10?,11?,12-/m1/s1. The maximum Gasteiger partial charge on any atom is 0.326 e. The maximum absolute atomic E-state index is 11.9. The van der Waals surface area contributed by atoms with Gasteiger partial charge in [0.2, 0.25) is 0 Å². The molecule has 1 fully saturated rings. The number of urea groups is 1. The highest BCUT2D eigenvalue weighted by atomic mass is 16.4. The lowest BCUT2D eigenvalue weighted by Crippen LogP contribution is -2.52. The van der Waals surface area contributed by atoms with Crippen molar-refractivity contribution in [2.75, 3.05) is 0 Å². The molecule has 110 valence electrons. The molecule has 0 heterocycles. The van der Waals surface area contributed by atoms with Gasteiger partial charge in [-0.3, -0.25) is 0 Å². The minimum absolute atomic E-state index is 0.0768. The summed E-state index contributed by atoms with van der Waals surface area (Å²) in [4.78, 5) is 23.1. The average Bonchev–Trinajstić information content (AvgIpc) is 2.37. The Morgan fingerprint density at radius 3 is 2.47 bits per heavy atom. The number of carboxylic acids is 1. The van der Waals surface area contributed by atoms with Crippen molar-refractivity contribution in [3.8, 4) is 0 Å². The SMILES string of the molecule is CCC(C)[C@@H](NC(=O)NC1CCCCC1C)C(=O)O. The van der Waals surface area contributed by atoms with Gasteiger partial charge in [-0.1, -0.05) is 40.0 Å². The highest BCUT2D eigenvalue weighted by Crippen LogP contribution is 2.23. The van der Waals surface area contributed by atoms with Gasteiger partial charge < -0.3 is 15.7 Å². The lowest BCUT2D eigenvalue weighted by Gasteiger charge is -2.30. The minimum atomic E-state index is -0.971. The third-order valence-electron chi connectivity index (χ3n) is 4.19. The van der Waals surface area contributed by atoms with Crippen LogP contribution in [0.25, 0.3) is 0 Å². The van der Waals surface area contributed by atoms with Gasteiger partial charge in [-0.25, -0.2) is 9.59 Å². The van der Waals surface area contributed by atoms with Crippen molar-refractivity contribution in [3.63, 3.8) is 0 Å². The predicted molar refractivity (Wildman–Crippen MR) is 74.0 cm³/mol. The molecular weight excluding hydrogens is 244 g/mol. The molecule has 5 heteroatoms. The lowest BCUT2D eigenvalue weighted by molar-refractivity contribution is -0.140.